The molecule has 2 amide bonds. The van der Waals surface area contributed by atoms with Crippen LogP contribution in [0.25, 0.3) is 0 Å². The van der Waals surface area contributed by atoms with Crippen LogP contribution >= 0.6 is 0 Å². The number of imide groups is 1. The molecule has 3 atom stereocenters. The predicted molar refractivity (Wildman–Crippen MR) is 88.1 cm³/mol. The van der Waals surface area contributed by atoms with Crippen molar-refractivity contribution in [2.24, 2.45) is 5.92 Å². The van der Waals surface area contributed by atoms with E-state index in [1.165, 1.54) is 43.7 Å². The van der Waals surface area contributed by atoms with Crippen LogP contribution in [0.1, 0.15) is 52.8 Å². The minimum atomic E-state index is -0.0961. The van der Waals surface area contributed by atoms with Crippen LogP contribution in [0.5, 0.6) is 0 Å². The Hall–Kier alpha value is -0.950. The van der Waals surface area contributed by atoms with E-state index >= 15 is 0 Å². The van der Waals surface area contributed by atoms with Crippen molar-refractivity contribution in [1.29, 1.82) is 0 Å². The number of rotatable bonds is 2. The van der Waals surface area contributed by atoms with Gasteiger partial charge in [0, 0.05) is 18.9 Å². The molecule has 1 aromatic carbocycles. The molecule has 0 N–H and O–H groups in total. The lowest BCUT2D eigenvalue weighted by Crippen LogP contribution is -3.00. The van der Waals surface area contributed by atoms with E-state index in [0.29, 0.717) is 29.6 Å². The van der Waals surface area contributed by atoms with Crippen molar-refractivity contribution >= 4 is 11.8 Å². The van der Waals surface area contributed by atoms with Gasteiger partial charge in [-0.05, 0) is 37.8 Å². The molecular formula is C19H25IN2O2. The molecule has 0 spiro atoms. The molecule has 4 nitrogen and oxygen atoms in total. The van der Waals surface area contributed by atoms with E-state index in [4.69, 9.17) is 0 Å². The van der Waals surface area contributed by atoms with Gasteiger partial charge in [0.15, 0.2) is 0 Å². The summed E-state index contributed by atoms with van der Waals surface area (Å²) in [7, 11) is 2.37. The maximum Gasteiger partial charge on any atom is 0.261 e. The Bertz CT molecular complexity index is 624. The zero-order valence-electron chi connectivity index (χ0n) is 14.2. The van der Waals surface area contributed by atoms with Crippen molar-refractivity contribution < 1.29 is 38.0 Å². The van der Waals surface area contributed by atoms with Crippen LogP contribution in [0.2, 0.25) is 0 Å². The van der Waals surface area contributed by atoms with Gasteiger partial charge in [-0.25, -0.2) is 0 Å². The van der Waals surface area contributed by atoms with E-state index in [0.717, 1.165) is 10.9 Å². The number of nitrogens with zero attached hydrogens (tertiary/aromatic N) is 2. The third-order valence-electron chi connectivity index (χ3n) is 6.30. The van der Waals surface area contributed by atoms with Crippen molar-refractivity contribution in [3.8, 4) is 0 Å². The number of hydrogen-bond acceptors (Lipinski definition) is 2. The predicted octanol–water partition coefficient (Wildman–Crippen LogP) is -0.304. The fourth-order valence-electron chi connectivity index (χ4n) is 5.09. The molecule has 1 aromatic rings. The van der Waals surface area contributed by atoms with E-state index in [-0.39, 0.29) is 35.8 Å². The smallest absolute Gasteiger partial charge is 0.261 e. The lowest BCUT2D eigenvalue weighted by Gasteiger charge is -2.51. The van der Waals surface area contributed by atoms with Crippen LogP contribution in [0.4, 0.5) is 0 Å². The fourth-order valence-corrected chi connectivity index (χ4v) is 5.09. The van der Waals surface area contributed by atoms with E-state index < -0.39 is 0 Å². The van der Waals surface area contributed by atoms with Crippen LogP contribution in [0.15, 0.2) is 24.3 Å². The summed E-state index contributed by atoms with van der Waals surface area (Å²) in [5, 5.41) is 0. The fraction of sp³-hybridized carbons (Fsp3) is 0.579. The summed E-state index contributed by atoms with van der Waals surface area (Å²) in [6, 6.07) is 7.84. The van der Waals surface area contributed by atoms with Crippen molar-refractivity contribution in [3.05, 3.63) is 35.4 Å². The normalized spacial score (nSPS) is 32.1. The van der Waals surface area contributed by atoms with Gasteiger partial charge in [-0.15, -0.1) is 0 Å². The van der Waals surface area contributed by atoms with Crippen molar-refractivity contribution in [2.75, 3.05) is 26.7 Å². The molecule has 24 heavy (non-hydrogen) atoms. The van der Waals surface area contributed by atoms with Gasteiger partial charge in [0.2, 0.25) is 0 Å². The highest BCUT2D eigenvalue weighted by Gasteiger charge is 2.46. The number of carbonyl (C=O) groups is 2. The van der Waals surface area contributed by atoms with Gasteiger partial charge < -0.3 is 28.5 Å². The average Bonchev–Trinajstić information content (AvgIpc) is 2.80. The van der Waals surface area contributed by atoms with Crippen molar-refractivity contribution in [1.82, 2.24) is 4.90 Å². The maximum atomic E-state index is 12.6. The number of amides is 2. The molecular weight excluding hydrogens is 415 g/mol. The molecule has 2 saturated heterocycles. The Labute approximate surface area is 160 Å². The highest BCUT2D eigenvalue weighted by atomic mass is 127. The Balaban J connectivity index is 0.00000169. The summed E-state index contributed by atoms with van der Waals surface area (Å²) < 4.78 is 1.15. The molecule has 0 radical (unpaired) electrons. The van der Waals surface area contributed by atoms with Gasteiger partial charge in [0.1, 0.15) is 0 Å². The molecule has 2 fully saturated rings. The van der Waals surface area contributed by atoms with Gasteiger partial charge in [0.05, 0.1) is 37.3 Å². The average molecular weight is 440 g/mol. The second-order valence-electron chi connectivity index (χ2n) is 7.66. The SMILES string of the molecule is C[N+]12CCCC[C@@H]1[C@H](CN1C(=O)c3ccccc3C1=O)CCC2.[I-]. The van der Waals surface area contributed by atoms with Gasteiger partial charge in [-0.1, -0.05) is 12.1 Å². The third-order valence-corrected chi connectivity index (χ3v) is 6.30. The Morgan fingerprint density at radius 3 is 2.29 bits per heavy atom. The minimum absolute atomic E-state index is 0. The van der Waals surface area contributed by atoms with Gasteiger partial charge in [0.25, 0.3) is 11.8 Å². The summed E-state index contributed by atoms with van der Waals surface area (Å²) in [4.78, 5) is 26.8. The summed E-state index contributed by atoms with van der Waals surface area (Å²) in [6.45, 7) is 3.11. The number of piperidine rings is 2. The number of hydrogen-bond donors (Lipinski definition) is 0. The van der Waals surface area contributed by atoms with E-state index in [1.54, 1.807) is 12.1 Å². The largest absolute Gasteiger partial charge is 1.00 e. The Morgan fingerprint density at radius 1 is 1.00 bits per heavy atom. The molecule has 4 rings (SSSR count). The van der Waals surface area contributed by atoms with Crippen molar-refractivity contribution in [3.63, 3.8) is 0 Å². The number of halogens is 1. The molecule has 3 aliphatic rings. The lowest BCUT2D eigenvalue weighted by molar-refractivity contribution is -0.947. The monoisotopic (exact) mass is 440 g/mol. The summed E-state index contributed by atoms with van der Waals surface area (Å²) >= 11 is 0. The molecule has 0 aliphatic carbocycles. The van der Waals surface area contributed by atoms with Gasteiger partial charge in [-0.3, -0.25) is 14.5 Å². The van der Waals surface area contributed by atoms with E-state index in [9.17, 15) is 9.59 Å². The number of fused-ring (bicyclic) bond motifs is 2. The van der Waals surface area contributed by atoms with Crippen LogP contribution < -0.4 is 24.0 Å². The third kappa shape index (κ3) is 2.79. The van der Waals surface area contributed by atoms with Crippen molar-refractivity contribution in [2.45, 2.75) is 38.1 Å². The zero-order chi connectivity index (χ0) is 16.0. The summed E-state index contributed by atoms with van der Waals surface area (Å²) in [6.07, 6.45) is 6.20. The molecule has 0 saturated carbocycles. The van der Waals surface area contributed by atoms with Crippen LogP contribution in [-0.4, -0.2) is 53.9 Å². The highest BCUT2D eigenvalue weighted by molar-refractivity contribution is 6.21. The lowest BCUT2D eigenvalue weighted by atomic mass is 9.81. The molecule has 1 unspecified atom stereocenters. The quantitative estimate of drug-likeness (QED) is 0.360. The van der Waals surface area contributed by atoms with Gasteiger partial charge in [-0.2, -0.15) is 0 Å². The zero-order valence-corrected chi connectivity index (χ0v) is 16.4. The number of quaternary nitrogens is 1. The number of carbonyl (C=O) groups excluding carboxylic acids is 2. The molecule has 3 aliphatic heterocycles. The van der Waals surface area contributed by atoms with Crippen LogP contribution in [0, 0.1) is 5.92 Å². The number of benzene rings is 1. The van der Waals surface area contributed by atoms with Crippen LogP contribution in [0.3, 0.4) is 0 Å². The highest BCUT2D eigenvalue weighted by Crippen LogP contribution is 2.37. The Morgan fingerprint density at radius 2 is 1.62 bits per heavy atom. The first kappa shape index (κ1) is 17.9. The first-order valence-corrected chi connectivity index (χ1v) is 8.89. The second kappa shape index (κ2) is 6.75. The first-order valence-electron chi connectivity index (χ1n) is 8.89. The molecule has 3 heterocycles. The molecule has 5 heteroatoms. The summed E-state index contributed by atoms with van der Waals surface area (Å²) in [5.74, 6) is 0.263. The summed E-state index contributed by atoms with van der Waals surface area (Å²) in [5.41, 5.74) is 1.16. The molecule has 0 aromatic heterocycles. The van der Waals surface area contributed by atoms with E-state index in [2.05, 4.69) is 7.05 Å². The Kier molecular flexibility index (Phi) is 5.02. The molecule has 130 valence electrons. The topological polar surface area (TPSA) is 37.4 Å². The standard InChI is InChI=1S/C19H25N2O2.HI/c1-21-11-5-4-10-17(21)14(7-6-12-21)13-20-18(22)15-8-2-3-9-16(15)19(20)23;/h2-3,8-9,14,17H,4-7,10-13H2,1H3;1H/q+1;/p-1/t14-,17+,21?;/m0./s1. The molecule has 0 bridgehead atoms. The minimum Gasteiger partial charge on any atom is -1.00 e. The van der Waals surface area contributed by atoms with Crippen LogP contribution in [-0.2, 0) is 0 Å². The second-order valence-corrected chi connectivity index (χ2v) is 7.66. The van der Waals surface area contributed by atoms with E-state index in [1.807, 2.05) is 12.1 Å². The maximum absolute atomic E-state index is 12.6. The first-order chi connectivity index (χ1) is 11.1. The van der Waals surface area contributed by atoms with Gasteiger partial charge >= 0.3 is 0 Å².